The van der Waals surface area contributed by atoms with E-state index < -0.39 is 0 Å². The molecule has 21 heavy (non-hydrogen) atoms. The van der Waals surface area contributed by atoms with Gasteiger partial charge in [0.15, 0.2) is 11.5 Å². The van der Waals surface area contributed by atoms with Gasteiger partial charge < -0.3 is 14.8 Å². The Balaban J connectivity index is 1.71. The van der Waals surface area contributed by atoms with Gasteiger partial charge in [0.25, 0.3) is 0 Å². The summed E-state index contributed by atoms with van der Waals surface area (Å²) in [4.78, 5) is 4.16. The molecule has 0 aliphatic carbocycles. The highest BCUT2D eigenvalue weighted by Crippen LogP contribution is 2.33. The third-order valence-corrected chi connectivity index (χ3v) is 3.64. The van der Waals surface area contributed by atoms with E-state index in [-0.39, 0.29) is 6.04 Å². The highest BCUT2D eigenvalue weighted by Gasteiger charge is 2.15. The zero-order chi connectivity index (χ0) is 14.5. The fraction of sp³-hybridized carbons (Fsp3) is 0.353. The van der Waals surface area contributed by atoms with Gasteiger partial charge in [-0.3, -0.25) is 4.98 Å². The van der Waals surface area contributed by atoms with E-state index in [2.05, 4.69) is 29.4 Å². The van der Waals surface area contributed by atoms with E-state index in [9.17, 15) is 0 Å². The summed E-state index contributed by atoms with van der Waals surface area (Å²) in [5.41, 5.74) is 2.31. The van der Waals surface area contributed by atoms with Gasteiger partial charge in [-0.25, -0.2) is 0 Å². The number of para-hydroxylation sites is 1. The van der Waals surface area contributed by atoms with Gasteiger partial charge in [0.2, 0.25) is 0 Å². The molecule has 1 aromatic heterocycles. The highest BCUT2D eigenvalue weighted by molar-refractivity contribution is 5.47. The molecule has 0 bridgehead atoms. The first-order valence-electron chi connectivity index (χ1n) is 7.35. The van der Waals surface area contributed by atoms with Gasteiger partial charge in [0.1, 0.15) is 0 Å². The molecule has 1 aromatic carbocycles. The van der Waals surface area contributed by atoms with Crippen molar-refractivity contribution < 1.29 is 9.47 Å². The van der Waals surface area contributed by atoms with Crippen molar-refractivity contribution in [1.82, 2.24) is 10.3 Å². The summed E-state index contributed by atoms with van der Waals surface area (Å²) in [6.07, 6.45) is 4.61. The van der Waals surface area contributed by atoms with Crippen LogP contribution in [0.4, 0.5) is 0 Å². The van der Waals surface area contributed by atoms with E-state index in [0.29, 0.717) is 6.61 Å². The summed E-state index contributed by atoms with van der Waals surface area (Å²) in [6.45, 7) is 4.30. The van der Waals surface area contributed by atoms with Crippen molar-refractivity contribution in [1.29, 1.82) is 0 Å². The van der Waals surface area contributed by atoms with Crippen LogP contribution in [0.15, 0.2) is 42.7 Å². The second-order valence-electron chi connectivity index (χ2n) is 5.18. The number of pyridine rings is 1. The fourth-order valence-corrected chi connectivity index (χ4v) is 2.41. The van der Waals surface area contributed by atoms with Crippen molar-refractivity contribution in [2.24, 2.45) is 0 Å². The maximum absolute atomic E-state index is 5.84. The maximum Gasteiger partial charge on any atom is 0.165 e. The van der Waals surface area contributed by atoms with E-state index in [1.54, 1.807) is 6.20 Å². The topological polar surface area (TPSA) is 43.4 Å². The standard InChI is InChI=1S/C17H20N2O2/c1-13(14-6-3-8-18-11-14)19-12-15-5-2-7-16-17(15)21-10-4-9-20-16/h2-3,5-8,11,13,19H,4,9-10,12H2,1H3. The predicted octanol–water partition coefficient (Wildman–Crippen LogP) is 3.09. The minimum absolute atomic E-state index is 0.237. The fourth-order valence-electron chi connectivity index (χ4n) is 2.41. The van der Waals surface area contributed by atoms with Crippen LogP contribution in [-0.4, -0.2) is 18.2 Å². The molecule has 1 N–H and O–H groups in total. The molecule has 0 fully saturated rings. The molecule has 2 aromatic rings. The molecule has 1 atom stereocenters. The zero-order valence-corrected chi connectivity index (χ0v) is 12.2. The number of ether oxygens (including phenoxy) is 2. The number of nitrogens with one attached hydrogen (secondary N) is 1. The molecule has 110 valence electrons. The van der Waals surface area contributed by atoms with Gasteiger partial charge in [0, 0.05) is 37.0 Å². The molecular weight excluding hydrogens is 264 g/mol. The molecule has 0 spiro atoms. The molecule has 0 saturated carbocycles. The molecule has 0 amide bonds. The van der Waals surface area contributed by atoms with Crippen molar-refractivity contribution in [3.05, 3.63) is 53.9 Å². The van der Waals surface area contributed by atoms with E-state index in [1.165, 1.54) is 5.56 Å². The highest BCUT2D eigenvalue weighted by atomic mass is 16.5. The Morgan fingerprint density at radius 1 is 1.19 bits per heavy atom. The first-order valence-corrected chi connectivity index (χ1v) is 7.35. The summed E-state index contributed by atoms with van der Waals surface area (Å²) < 4.78 is 11.6. The summed E-state index contributed by atoms with van der Waals surface area (Å²) in [6, 6.07) is 10.3. The van der Waals surface area contributed by atoms with Crippen LogP contribution in [0.25, 0.3) is 0 Å². The van der Waals surface area contributed by atoms with Gasteiger partial charge in [0.05, 0.1) is 13.2 Å². The lowest BCUT2D eigenvalue weighted by atomic mass is 10.1. The minimum atomic E-state index is 0.237. The second kappa shape index (κ2) is 6.59. The molecule has 4 heteroatoms. The molecule has 1 aliphatic rings. The molecule has 2 heterocycles. The number of hydrogen-bond donors (Lipinski definition) is 1. The number of rotatable bonds is 4. The molecule has 3 rings (SSSR count). The van der Waals surface area contributed by atoms with Gasteiger partial charge in [-0.2, -0.15) is 0 Å². The normalized spacial score (nSPS) is 15.3. The first kappa shape index (κ1) is 13.9. The van der Waals surface area contributed by atoms with Crippen molar-refractivity contribution in [3.63, 3.8) is 0 Å². The van der Waals surface area contributed by atoms with Crippen LogP contribution in [0.5, 0.6) is 11.5 Å². The largest absolute Gasteiger partial charge is 0.490 e. The van der Waals surface area contributed by atoms with Crippen molar-refractivity contribution >= 4 is 0 Å². The summed E-state index contributed by atoms with van der Waals surface area (Å²) in [5, 5.41) is 3.51. The van der Waals surface area contributed by atoms with E-state index >= 15 is 0 Å². The lowest BCUT2D eigenvalue weighted by Crippen LogP contribution is -2.18. The Labute approximate surface area is 125 Å². The van der Waals surface area contributed by atoms with Crippen LogP contribution < -0.4 is 14.8 Å². The first-order chi connectivity index (χ1) is 10.3. The Morgan fingerprint density at radius 2 is 2.10 bits per heavy atom. The van der Waals surface area contributed by atoms with Crippen LogP contribution in [0.1, 0.15) is 30.5 Å². The SMILES string of the molecule is CC(NCc1cccc2c1OCCCO2)c1cccnc1. The van der Waals surface area contributed by atoms with Crippen LogP contribution in [0, 0.1) is 0 Å². The summed E-state index contributed by atoms with van der Waals surface area (Å²) >= 11 is 0. The van der Waals surface area contributed by atoms with E-state index in [4.69, 9.17) is 9.47 Å². The smallest absolute Gasteiger partial charge is 0.165 e. The van der Waals surface area contributed by atoms with Gasteiger partial charge in [-0.1, -0.05) is 18.2 Å². The summed E-state index contributed by atoms with van der Waals surface area (Å²) in [7, 11) is 0. The van der Waals surface area contributed by atoms with Gasteiger partial charge >= 0.3 is 0 Å². The number of nitrogens with zero attached hydrogens (tertiary/aromatic N) is 1. The minimum Gasteiger partial charge on any atom is -0.490 e. The van der Waals surface area contributed by atoms with Crippen LogP contribution >= 0.6 is 0 Å². The van der Waals surface area contributed by atoms with E-state index in [1.807, 2.05) is 24.4 Å². The van der Waals surface area contributed by atoms with Gasteiger partial charge in [-0.05, 0) is 24.6 Å². The Bertz CT molecular complexity index is 587. The number of fused-ring (bicyclic) bond motifs is 1. The molecular formula is C17H20N2O2. The summed E-state index contributed by atoms with van der Waals surface area (Å²) in [5.74, 6) is 1.72. The third-order valence-electron chi connectivity index (χ3n) is 3.64. The van der Waals surface area contributed by atoms with Crippen LogP contribution in [0.2, 0.25) is 0 Å². The average Bonchev–Trinajstić information content (AvgIpc) is 2.79. The average molecular weight is 284 g/mol. The Hall–Kier alpha value is -2.07. The quantitative estimate of drug-likeness (QED) is 0.937. The molecule has 0 radical (unpaired) electrons. The molecule has 1 unspecified atom stereocenters. The van der Waals surface area contributed by atoms with Gasteiger partial charge in [-0.15, -0.1) is 0 Å². The number of benzene rings is 1. The second-order valence-corrected chi connectivity index (χ2v) is 5.18. The third kappa shape index (κ3) is 3.34. The molecule has 4 nitrogen and oxygen atoms in total. The lowest BCUT2D eigenvalue weighted by Gasteiger charge is -2.16. The number of aromatic nitrogens is 1. The van der Waals surface area contributed by atoms with Crippen LogP contribution in [-0.2, 0) is 6.54 Å². The lowest BCUT2D eigenvalue weighted by molar-refractivity contribution is 0.295. The van der Waals surface area contributed by atoms with Crippen molar-refractivity contribution in [2.45, 2.75) is 25.9 Å². The van der Waals surface area contributed by atoms with Crippen molar-refractivity contribution in [2.75, 3.05) is 13.2 Å². The number of hydrogen-bond acceptors (Lipinski definition) is 4. The molecule has 1 aliphatic heterocycles. The maximum atomic E-state index is 5.84. The Kier molecular flexibility index (Phi) is 4.36. The van der Waals surface area contributed by atoms with E-state index in [0.717, 1.165) is 36.6 Å². The van der Waals surface area contributed by atoms with Crippen molar-refractivity contribution in [3.8, 4) is 11.5 Å². The zero-order valence-electron chi connectivity index (χ0n) is 12.2. The van der Waals surface area contributed by atoms with Crippen LogP contribution in [0.3, 0.4) is 0 Å². The predicted molar refractivity (Wildman–Crippen MR) is 81.5 cm³/mol. The molecule has 0 saturated heterocycles. The monoisotopic (exact) mass is 284 g/mol. The Morgan fingerprint density at radius 3 is 2.95 bits per heavy atom.